The van der Waals surface area contributed by atoms with Crippen LogP contribution in [0.15, 0.2) is 29.4 Å². The summed E-state index contributed by atoms with van der Waals surface area (Å²) in [5.74, 6) is -0.393. The van der Waals surface area contributed by atoms with Gasteiger partial charge in [-0.1, -0.05) is 13.8 Å². The first-order valence-corrected chi connectivity index (χ1v) is 11.1. The van der Waals surface area contributed by atoms with Crippen LogP contribution in [0.2, 0.25) is 0 Å². The predicted molar refractivity (Wildman–Crippen MR) is 112 cm³/mol. The summed E-state index contributed by atoms with van der Waals surface area (Å²) in [6.07, 6.45) is 5.49. The molecular weight excluding hydrogens is 404 g/mol. The van der Waals surface area contributed by atoms with E-state index in [4.69, 9.17) is 0 Å². The molecule has 162 valence electrons. The van der Waals surface area contributed by atoms with Gasteiger partial charge in [0.1, 0.15) is 6.54 Å². The molecule has 0 bridgehead atoms. The van der Waals surface area contributed by atoms with Gasteiger partial charge >= 0.3 is 0 Å². The Kier molecular flexibility index (Phi) is 6.80. The third kappa shape index (κ3) is 5.38. The van der Waals surface area contributed by atoms with Gasteiger partial charge in [-0.15, -0.1) is 11.8 Å². The molecule has 3 rings (SSSR count). The van der Waals surface area contributed by atoms with Gasteiger partial charge in [-0.3, -0.25) is 29.1 Å². The molecule has 2 aliphatic rings. The van der Waals surface area contributed by atoms with Crippen molar-refractivity contribution in [3.63, 3.8) is 0 Å². The Morgan fingerprint density at radius 1 is 1.30 bits per heavy atom. The molecule has 8 nitrogen and oxygen atoms in total. The highest BCUT2D eigenvalue weighted by molar-refractivity contribution is 8.00. The molecule has 1 saturated carbocycles. The van der Waals surface area contributed by atoms with Crippen LogP contribution in [0.25, 0.3) is 0 Å². The molecule has 2 fully saturated rings. The second-order valence-corrected chi connectivity index (χ2v) is 9.58. The molecule has 0 spiro atoms. The van der Waals surface area contributed by atoms with Crippen LogP contribution in [0.1, 0.15) is 33.1 Å². The minimum atomic E-state index is -0.758. The smallest absolute Gasteiger partial charge is 0.242 e. The summed E-state index contributed by atoms with van der Waals surface area (Å²) in [5.41, 5.74) is -0.758. The van der Waals surface area contributed by atoms with Crippen molar-refractivity contribution in [1.82, 2.24) is 20.1 Å². The highest BCUT2D eigenvalue weighted by atomic mass is 32.2. The van der Waals surface area contributed by atoms with Crippen molar-refractivity contribution in [2.45, 2.75) is 44.0 Å². The monoisotopic (exact) mass is 432 g/mol. The van der Waals surface area contributed by atoms with Crippen LogP contribution in [0.4, 0.5) is 0 Å². The lowest BCUT2D eigenvalue weighted by molar-refractivity contribution is -0.147. The molecule has 1 unspecified atom stereocenters. The third-order valence-electron chi connectivity index (χ3n) is 5.60. The van der Waals surface area contributed by atoms with Gasteiger partial charge in [-0.2, -0.15) is 0 Å². The number of carbonyl (C=O) groups is 4. The van der Waals surface area contributed by atoms with Crippen molar-refractivity contribution < 1.29 is 19.2 Å². The minimum Gasteiger partial charge on any atom is -0.353 e. The number of rotatable bonds is 9. The number of pyridine rings is 1. The maximum Gasteiger partial charge on any atom is 0.242 e. The summed E-state index contributed by atoms with van der Waals surface area (Å²) in [7, 11) is 1.68. The molecule has 9 heteroatoms. The number of hydrogen-bond acceptors (Lipinski definition) is 6. The van der Waals surface area contributed by atoms with E-state index in [9.17, 15) is 19.2 Å². The Morgan fingerprint density at radius 2 is 1.97 bits per heavy atom. The zero-order valence-electron chi connectivity index (χ0n) is 17.6. The molecular formula is C21H28N4O4S. The number of carbonyl (C=O) groups excluding carboxylic acids is 4. The van der Waals surface area contributed by atoms with E-state index >= 15 is 0 Å². The Labute approximate surface area is 180 Å². The van der Waals surface area contributed by atoms with Gasteiger partial charge < -0.3 is 10.2 Å². The number of likely N-dealkylation sites (tertiary alicyclic amines) is 1. The van der Waals surface area contributed by atoms with Crippen LogP contribution in [0.3, 0.4) is 0 Å². The van der Waals surface area contributed by atoms with Crippen LogP contribution < -0.4 is 5.32 Å². The second kappa shape index (κ2) is 9.16. The fourth-order valence-corrected chi connectivity index (χ4v) is 4.29. The summed E-state index contributed by atoms with van der Waals surface area (Å²) < 4.78 is 0. The van der Waals surface area contributed by atoms with Crippen LogP contribution in [0, 0.1) is 11.3 Å². The van der Waals surface area contributed by atoms with E-state index < -0.39 is 5.41 Å². The highest BCUT2D eigenvalue weighted by Gasteiger charge is 2.46. The predicted octanol–water partition coefficient (Wildman–Crippen LogP) is 1.31. The van der Waals surface area contributed by atoms with E-state index in [1.807, 2.05) is 12.1 Å². The molecule has 1 aromatic heterocycles. The van der Waals surface area contributed by atoms with Gasteiger partial charge in [0.2, 0.25) is 23.6 Å². The highest BCUT2D eigenvalue weighted by Crippen LogP contribution is 2.35. The molecule has 30 heavy (non-hydrogen) atoms. The lowest BCUT2D eigenvalue weighted by Gasteiger charge is -2.30. The quantitative estimate of drug-likeness (QED) is 0.467. The number of imide groups is 1. The summed E-state index contributed by atoms with van der Waals surface area (Å²) in [5, 5.41) is 2.92. The van der Waals surface area contributed by atoms with E-state index in [-0.39, 0.29) is 48.4 Å². The molecule has 1 atom stereocenters. The standard InChI is InChI=1S/C21H28N4O4S/c1-21(2)10-18(27)25(20(21)29)12-19(28)24(3)16(14-4-5-14)11-23-17(26)13-30-15-6-8-22-9-7-15/h6-9,14,16H,4-5,10-13H2,1-3H3,(H,23,26). The van der Waals surface area contributed by atoms with E-state index in [1.165, 1.54) is 11.8 Å². The Hall–Kier alpha value is -2.42. The summed E-state index contributed by atoms with van der Waals surface area (Å²) >= 11 is 1.43. The van der Waals surface area contributed by atoms with Crippen LogP contribution >= 0.6 is 11.8 Å². The molecule has 4 amide bonds. The zero-order chi connectivity index (χ0) is 21.9. The number of hydrogen-bond donors (Lipinski definition) is 1. The van der Waals surface area contributed by atoms with Crippen molar-refractivity contribution in [2.75, 3.05) is 25.9 Å². The first kappa shape index (κ1) is 22.3. The Balaban J connectivity index is 1.51. The number of aromatic nitrogens is 1. The molecule has 1 N–H and O–H groups in total. The molecule has 1 saturated heterocycles. The van der Waals surface area contributed by atoms with Crippen LogP contribution in [-0.4, -0.2) is 70.3 Å². The Morgan fingerprint density at radius 3 is 2.53 bits per heavy atom. The van der Waals surface area contributed by atoms with Crippen molar-refractivity contribution >= 4 is 35.4 Å². The van der Waals surface area contributed by atoms with Gasteiger partial charge in [0.05, 0.1) is 17.2 Å². The summed E-state index contributed by atoms with van der Waals surface area (Å²) in [6.45, 7) is 3.55. The molecule has 0 aromatic carbocycles. The largest absolute Gasteiger partial charge is 0.353 e. The van der Waals surface area contributed by atoms with Gasteiger partial charge in [-0.25, -0.2) is 0 Å². The molecule has 0 radical (unpaired) electrons. The molecule has 1 aromatic rings. The fourth-order valence-electron chi connectivity index (χ4n) is 3.57. The first-order valence-electron chi connectivity index (χ1n) is 10.1. The number of nitrogens with zero attached hydrogens (tertiary/aromatic N) is 3. The number of nitrogens with one attached hydrogen (secondary N) is 1. The lowest BCUT2D eigenvalue weighted by atomic mass is 9.92. The maximum absolute atomic E-state index is 12.8. The van der Waals surface area contributed by atoms with E-state index in [0.29, 0.717) is 12.5 Å². The van der Waals surface area contributed by atoms with E-state index in [1.54, 1.807) is 38.2 Å². The zero-order valence-corrected chi connectivity index (χ0v) is 18.4. The Bertz CT molecular complexity index is 826. The van der Waals surface area contributed by atoms with Gasteiger partial charge in [0, 0.05) is 37.3 Å². The lowest BCUT2D eigenvalue weighted by Crippen LogP contribution is -2.50. The van der Waals surface area contributed by atoms with Crippen molar-refractivity contribution in [3.8, 4) is 0 Å². The van der Waals surface area contributed by atoms with Crippen LogP contribution in [0.5, 0.6) is 0 Å². The van der Waals surface area contributed by atoms with Gasteiger partial charge in [0.15, 0.2) is 0 Å². The SMILES string of the molecule is CN(C(=O)CN1C(=O)CC(C)(C)C1=O)C(CNC(=O)CSc1ccncc1)C1CC1. The second-order valence-electron chi connectivity index (χ2n) is 8.53. The van der Waals surface area contributed by atoms with Crippen molar-refractivity contribution in [1.29, 1.82) is 0 Å². The first-order chi connectivity index (χ1) is 14.2. The molecule has 1 aliphatic heterocycles. The van der Waals surface area contributed by atoms with E-state index in [2.05, 4.69) is 10.3 Å². The maximum atomic E-state index is 12.8. The number of thioether (sulfide) groups is 1. The van der Waals surface area contributed by atoms with Gasteiger partial charge in [0.25, 0.3) is 0 Å². The topological polar surface area (TPSA) is 99.7 Å². The minimum absolute atomic E-state index is 0.102. The summed E-state index contributed by atoms with van der Waals surface area (Å²) in [6, 6.07) is 3.55. The number of amides is 4. The summed E-state index contributed by atoms with van der Waals surface area (Å²) in [4.78, 5) is 57.1. The van der Waals surface area contributed by atoms with Crippen molar-refractivity contribution in [3.05, 3.63) is 24.5 Å². The fraction of sp³-hybridized carbons (Fsp3) is 0.571. The number of likely N-dealkylation sites (N-methyl/N-ethyl adjacent to an activating group) is 1. The average molecular weight is 433 g/mol. The van der Waals surface area contributed by atoms with E-state index in [0.717, 1.165) is 22.6 Å². The molecule has 2 heterocycles. The molecule has 1 aliphatic carbocycles. The van der Waals surface area contributed by atoms with Gasteiger partial charge in [-0.05, 0) is 30.9 Å². The van der Waals surface area contributed by atoms with Crippen LogP contribution in [-0.2, 0) is 19.2 Å². The van der Waals surface area contributed by atoms with Crippen molar-refractivity contribution in [2.24, 2.45) is 11.3 Å². The third-order valence-corrected chi connectivity index (χ3v) is 6.61. The average Bonchev–Trinajstić information content (AvgIpc) is 3.52. The normalized spacial score (nSPS) is 19.0.